The Morgan fingerprint density at radius 3 is 2.79 bits per heavy atom. The number of ether oxygens (including phenoxy) is 2. The molecule has 1 N–H and O–H groups in total. The maximum atomic E-state index is 12.6. The van der Waals surface area contributed by atoms with Gasteiger partial charge in [0, 0.05) is 6.54 Å². The lowest BCUT2D eigenvalue weighted by atomic mass is 10.2. The number of aromatic nitrogens is 2. The van der Waals surface area contributed by atoms with E-state index in [1.807, 2.05) is 54.0 Å². The molecule has 0 radical (unpaired) electrons. The molecule has 0 aliphatic carbocycles. The van der Waals surface area contributed by atoms with Crippen LogP contribution in [0.5, 0.6) is 11.5 Å². The Labute approximate surface area is 139 Å². The summed E-state index contributed by atoms with van der Waals surface area (Å²) in [7, 11) is 0. The van der Waals surface area contributed by atoms with E-state index in [9.17, 15) is 4.79 Å². The van der Waals surface area contributed by atoms with Gasteiger partial charge in [0.15, 0.2) is 11.5 Å². The zero-order valence-electron chi connectivity index (χ0n) is 13.2. The summed E-state index contributed by atoms with van der Waals surface area (Å²) in [5, 5.41) is 2.86. The molecule has 1 aliphatic heterocycles. The van der Waals surface area contributed by atoms with Crippen LogP contribution in [0.1, 0.15) is 6.92 Å². The van der Waals surface area contributed by atoms with Gasteiger partial charge in [0.25, 0.3) is 5.91 Å². The fourth-order valence-electron chi connectivity index (χ4n) is 2.83. The molecule has 0 spiro atoms. The number of imidazole rings is 1. The Balaban J connectivity index is 1.57. The van der Waals surface area contributed by atoms with Crippen LogP contribution in [0.3, 0.4) is 0 Å². The number of nitrogens with one attached hydrogen (secondary N) is 1. The average Bonchev–Trinajstić information content (AvgIpc) is 2.98. The zero-order chi connectivity index (χ0) is 16.5. The number of rotatable bonds is 3. The molecule has 2 heterocycles. The van der Waals surface area contributed by atoms with Crippen molar-refractivity contribution >= 4 is 22.9 Å². The van der Waals surface area contributed by atoms with Crippen molar-refractivity contribution in [2.45, 2.75) is 19.6 Å². The first-order valence-corrected chi connectivity index (χ1v) is 7.91. The van der Waals surface area contributed by atoms with Gasteiger partial charge in [-0.25, -0.2) is 4.98 Å². The third-order valence-corrected chi connectivity index (χ3v) is 4.01. The van der Waals surface area contributed by atoms with Gasteiger partial charge in [-0.05, 0) is 31.2 Å². The molecule has 0 fully saturated rings. The smallest absolute Gasteiger partial charge is 0.271 e. The molecule has 3 aromatic rings. The Kier molecular flexibility index (Phi) is 3.57. The number of fused-ring (bicyclic) bond motifs is 2. The Bertz CT molecular complexity index is 903. The normalized spacial score (nSPS) is 16.1. The van der Waals surface area contributed by atoms with Gasteiger partial charge in [0.2, 0.25) is 12.1 Å². The molecule has 24 heavy (non-hydrogen) atoms. The molecule has 6 heteroatoms. The van der Waals surface area contributed by atoms with Crippen LogP contribution in [0.25, 0.3) is 11.0 Å². The quantitative estimate of drug-likeness (QED) is 0.805. The van der Waals surface area contributed by atoms with Gasteiger partial charge >= 0.3 is 0 Å². The topological polar surface area (TPSA) is 65.4 Å². The van der Waals surface area contributed by atoms with Crippen LogP contribution in [0.4, 0.5) is 5.95 Å². The van der Waals surface area contributed by atoms with E-state index in [-0.39, 0.29) is 12.5 Å². The van der Waals surface area contributed by atoms with E-state index in [2.05, 4.69) is 10.3 Å². The SMILES string of the molecule is CCn1c(NC(=O)[C@@H]2COc3ccccc3O2)nc2ccccc21. The highest BCUT2D eigenvalue weighted by Crippen LogP contribution is 2.31. The highest BCUT2D eigenvalue weighted by molar-refractivity contribution is 5.95. The second-order valence-electron chi connectivity index (χ2n) is 5.52. The summed E-state index contributed by atoms with van der Waals surface area (Å²) in [6.07, 6.45) is -0.704. The summed E-state index contributed by atoms with van der Waals surface area (Å²) < 4.78 is 13.3. The van der Waals surface area contributed by atoms with Crippen LogP contribution in [-0.4, -0.2) is 28.2 Å². The maximum Gasteiger partial charge on any atom is 0.271 e. The predicted molar refractivity (Wildman–Crippen MR) is 90.4 cm³/mol. The van der Waals surface area contributed by atoms with Gasteiger partial charge in [-0.1, -0.05) is 24.3 Å². The van der Waals surface area contributed by atoms with E-state index in [4.69, 9.17) is 9.47 Å². The molecule has 1 aliphatic rings. The summed E-state index contributed by atoms with van der Waals surface area (Å²) in [6.45, 7) is 2.90. The van der Waals surface area contributed by atoms with E-state index >= 15 is 0 Å². The Morgan fingerprint density at radius 2 is 1.96 bits per heavy atom. The van der Waals surface area contributed by atoms with E-state index in [1.54, 1.807) is 6.07 Å². The van der Waals surface area contributed by atoms with Crippen molar-refractivity contribution < 1.29 is 14.3 Å². The minimum absolute atomic E-state index is 0.176. The number of benzene rings is 2. The van der Waals surface area contributed by atoms with Gasteiger partial charge in [-0.15, -0.1) is 0 Å². The number of nitrogens with zero attached hydrogens (tertiary/aromatic N) is 2. The third-order valence-electron chi connectivity index (χ3n) is 4.01. The highest BCUT2D eigenvalue weighted by Gasteiger charge is 2.28. The molecule has 0 saturated carbocycles. The van der Waals surface area contributed by atoms with Crippen LogP contribution in [0.2, 0.25) is 0 Å². The van der Waals surface area contributed by atoms with Crippen LogP contribution in [0, 0.1) is 0 Å². The molecule has 1 amide bonds. The van der Waals surface area contributed by atoms with Crippen molar-refractivity contribution in [1.82, 2.24) is 9.55 Å². The molecular weight excluding hydrogens is 306 g/mol. The zero-order valence-corrected chi connectivity index (χ0v) is 13.2. The van der Waals surface area contributed by atoms with Gasteiger partial charge in [-0.3, -0.25) is 10.1 Å². The first kappa shape index (κ1) is 14.6. The van der Waals surface area contributed by atoms with Gasteiger partial charge in [0.05, 0.1) is 11.0 Å². The van der Waals surface area contributed by atoms with Gasteiger partial charge < -0.3 is 14.0 Å². The first-order chi connectivity index (χ1) is 11.8. The first-order valence-electron chi connectivity index (χ1n) is 7.91. The maximum absolute atomic E-state index is 12.6. The van der Waals surface area contributed by atoms with Crippen LogP contribution >= 0.6 is 0 Å². The van der Waals surface area contributed by atoms with Crippen molar-refractivity contribution in [3.8, 4) is 11.5 Å². The van der Waals surface area contributed by atoms with Gasteiger partial charge in [0.1, 0.15) is 6.61 Å². The summed E-state index contributed by atoms with van der Waals surface area (Å²) >= 11 is 0. The number of amides is 1. The van der Waals surface area contributed by atoms with Crippen LogP contribution in [-0.2, 0) is 11.3 Å². The number of carbonyl (C=O) groups excluding carboxylic acids is 1. The molecule has 2 aromatic carbocycles. The number of carbonyl (C=O) groups is 1. The van der Waals surface area contributed by atoms with E-state index in [0.717, 1.165) is 11.0 Å². The predicted octanol–water partition coefficient (Wildman–Crippen LogP) is 2.83. The molecule has 0 bridgehead atoms. The van der Waals surface area contributed by atoms with Crippen molar-refractivity contribution in [3.63, 3.8) is 0 Å². The second-order valence-corrected chi connectivity index (χ2v) is 5.52. The number of hydrogen-bond donors (Lipinski definition) is 1. The van der Waals surface area contributed by atoms with E-state index in [0.29, 0.717) is 24.0 Å². The molecule has 1 atom stereocenters. The van der Waals surface area contributed by atoms with Gasteiger partial charge in [-0.2, -0.15) is 0 Å². The van der Waals surface area contributed by atoms with E-state index < -0.39 is 6.10 Å². The van der Waals surface area contributed by atoms with Crippen molar-refractivity contribution in [3.05, 3.63) is 48.5 Å². The largest absolute Gasteiger partial charge is 0.485 e. The van der Waals surface area contributed by atoms with Crippen molar-refractivity contribution in [2.24, 2.45) is 0 Å². The molecule has 4 rings (SSSR count). The number of hydrogen-bond acceptors (Lipinski definition) is 4. The standard InChI is InChI=1S/C18H17N3O3/c1-2-21-13-8-4-3-7-12(13)19-18(21)20-17(22)16-11-23-14-9-5-6-10-15(14)24-16/h3-10,16H,2,11H2,1H3,(H,19,20,22)/t16-/m0/s1. The lowest BCUT2D eigenvalue weighted by Gasteiger charge is -2.25. The lowest BCUT2D eigenvalue weighted by Crippen LogP contribution is -2.40. The second kappa shape index (κ2) is 5.88. The third kappa shape index (κ3) is 2.46. The molecule has 0 unspecified atom stereocenters. The van der Waals surface area contributed by atoms with Crippen LogP contribution in [0.15, 0.2) is 48.5 Å². The molecular formula is C18H17N3O3. The fraction of sp³-hybridized carbons (Fsp3) is 0.222. The summed E-state index contributed by atoms with van der Waals surface area (Å²) in [5.74, 6) is 1.48. The average molecular weight is 323 g/mol. The Hall–Kier alpha value is -3.02. The highest BCUT2D eigenvalue weighted by atomic mass is 16.6. The molecule has 0 saturated heterocycles. The molecule has 1 aromatic heterocycles. The fourth-order valence-corrected chi connectivity index (χ4v) is 2.83. The summed E-state index contributed by atoms with van der Waals surface area (Å²) in [4.78, 5) is 17.1. The molecule has 6 nitrogen and oxygen atoms in total. The van der Waals surface area contributed by atoms with Crippen molar-refractivity contribution in [2.75, 3.05) is 11.9 Å². The minimum atomic E-state index is -0.704. The monoisotopic (exact) mass is 323 g/mol. The molecule has 122 valence electrons. The van der Waals surface area contributed by atoms with E-state index in [1.165, 1.54) is 0 Å². The summed E-state index contributed by atoms with van der Waals surface area (Å²) in [5.41, 5.74) is 1.84. The summed E-state index contributed by atoms with van der Waals surface area (Å²) in [6, 6.07) is 15.1. The Morgan fingerprint density at radius 1 is 1.21 bits per heavy atom. The number of aryl methyl sites for hydroxylation is 1. The lowest BCUT2D eigenvalue weighted by molar-refractivity contribution is -0.125. The van der Waals surface area contributed by atoms with Crippen molar-refractivity contribution in [1.29, 1.82) is 0 Å². The van der Waals surface area contributed by atoms with Crippen LogP contribution < -0.4 is 14.8 Å². The number of para-hydroxylation sites is 4. The number of anilines is 1. The minimum Gasteiger partial charge on any atom is -0.485 e.